The van der Waals surface area contributed by atoms with Gasteiger partial charge in [0.2, 0.25) is 0 Å². The van der Waals surface area contributed by atoms with Crippen molar-refractivity contribution in [1.82, 2.24) is 0 Å². The van der Waals surface area contributed by atoms with Crippen molar-refractivity contribution >= 4 is 14.1 Å². The summed E-state index contributed by atoms with van der Waals surface area (Å²) in [5, 5.41) is 0.172. The van der Waals surface area contributed by atoms with Crippen molar-refractivity contribution < 1.29 is 18.7 Å². The number of allylic oxidation sites excluding steroid dienone is 3. The van der Waals surface area contributed by atoms with E-state index in [9.17, 15) is 4.79 Å². The molecule has 0 N–H and O–H groups in total. The molecule has 2 aliphatic rings. The molecule has 0 heterocycles. The lowest BCUT2D eigenvalue weighted by molar-refractivity contribution is -0.151. The largest absolute Gasteiger partial charge is 0.498 e. The van der Waals surface area contributed by atoms with E-state index in [1.807, 2.05) is 6.92 Å². The van der Waals surface area contributed by atoms with Crippen LogP contribution in [0.2, 0.25) is 18.1 Å². The minimum Gasteiger partial charge on any atom is -0.498 e. The molecule has 0 radical (unpaired) electrons. The molecule has 0 bridgehead atoms. The molecule has 0 unspecified atom stereocenters. The Morgan fingerprint density at radius 1 is 1.15 bits per heavy atom. The smallest absolute Gasteiger partial charge is 0.192 e. The van der Waals surface area contributed by atoms with Crippen LogP contribution in [0.1, 0.15) is 93.9 Å². The van der Waals surface area contributed by atoms with Crippen molar-refractivity contribution in [3.8, 4) is 0 Å². The van der Waals surface area contributed by atoms with Crippen molar-refractivity contribution in [2.45, 2.75) is 118 Å². The van der Waals surface area contributed by atoms with E-state index in [-0.39, 0.29) is 22.0 Å². The zero-order valence-corrected chi connectivity index (χ0v) is 24.8. The third kappa shape index (κ3) is 6.44. The molecule has 0 saturated heterocycles. The first kappa shape index (κ1) is 29.3. The molecule has 4 nitrogen and oxygen atoms in total. The first-order valence-corrected chi connectivity index (χ1v) is 16.3. The number of carbonyl (C=O) groups is 1. The van der Waals surface area contributed by atoms with Gasteiger partial charge in [-0.3, -0.25) is 4.79 Å². The summed E-state index contributed by atoms with van der Waals surface area (Å²) in [5.41, 5.74) is 1.84. The number of hydrogen-bond acceptors (Lipinski definition) is 4. The molecule has 2 rings (SSSR count). The Morgan fingerprint density at radius 2 is 1.82 bits per heavy atom. The van der Waals surface area contributed by atoms with Crippen LogP contribution in [0.4, 0.5) is 0 Å². The second kappa shape index (κ2) is 11.4. The molecule has 2 saturated carbocycles. The Hall–Kier alpha value is -0.913. The quantitative estimate of drug-likeness (QED) is 0.102. The molecule has 0 aromatic heterocycles. The first-order valence-electron chi connectivity index (χ1n) is 13.4. The molecule has 196 valence electrons. The van der Waals surface area contributed by atoms with E-state index in [1.54, 1.807) is 6.26 Å². The highest BCUT2D eigenvalue weighted by atomic mass is 28.4. The number of ketones is 1. The average molecular weight is 493 g/mol. The lowest BCUT2D eigenvalue weighted by atomic mass is 9.48. The molecule has 2 aliphatic carbocycles. The maximum atomic E-state index is 13.8. The van der Waals surface area contributed by atoms with Gasteiger partial charge in [-0.05, 0) is 88.8 Å². The van der Waals surface area contributed by atoms with Gasteiger partial charge in [0.15, 0.2) is 14.1 Å². The lowest BCUT2D eigenvalue weighted by Crippen LogP contribution is -2.59. The fraction of sp³-hybridized carbons (Fsp3) is 0.828. The highest BCUT2D eigenvalue weighted by Gasteiger charge is 2.59. The Labute approximate surface area is 211 Å². The van der Waals surface area contributed by atoms with Gasteiger partial charge in [0, 0.05) is 17.6 Å². The second-order valence-electron chi connectivity index (χ2n) is 12.8. The lowest BCUT2D eigenvalue weighted by Gasteiger charge is -2.59. The molecular formula is C29H52O4Si. The van der Waals surface area contributed by atoms with E-state index in [4.69, 9.17) is 13.9 Å². The summed E-state index contributed by atoms with van der Waals surface area (Å²) in [7, 11) is -1.93. The molecule has 0 spiro atoms. The Morgan fingerprint density at radius 3 is 2.41 bits per heavy atom. The Bertz CT molecular complexity index is 759. The zero-order valence-electron chi connectivity index (χ0n) is 23.8. The molecule has 2 fully saturated rings. The Kier molecular flexibility index (Phi) is 9.86. The molecule has 0 aliphatic heterocycles. The number of carbonyl (C=O) groups excluding carboxylic acids is 1. The van der Waals surface area contributed by atoms with Gasteiger partial charge in [0.1, 0.15) is 6.61 Å². The highest BCUT2D eigenvalue weighted by molar-refractivity contribution is 6.74. The number of rotatable bonds is 10. The average Bonchev–Trinajstić information content (AvgIpc) is 2.72. The molecule has 34 heavy (non-hydrogen) atoms. The minimum absolute atomic E-state index is 0.0223. The van der Waals surface area contributed by atoms with Gasteiger partial charge in [-0.15, -0.1) is 0 Å². The van der Waals surface area contributed by atoms with E-state index in [0.29, 0.717) is 31.5 Å². The van der Waals surface area contributed by atoms with Crippen LogP contribution in [0.5, 0.6) is 0 Å². The predicted octanol–water partition coefficient (Wildman–Crippen LogP) is 7.85. The van der Waals surface area contributed by atoms with Crippen LogP contribution < -0.4 is 0 Å². The van der Waals surface area contributed by atoms with E-state index >= 15 is 0 Å². The fourth-order valence-corrected chi connectivity index (χ4v) is 7.30. The fourth-order valence-electron chi connectivity index (χ4n) is 5.84. The van der Waals surface area contributed by atoms with Crippen molar-refractivity contribution in [2.75, 3.05) is 19.8 Å². The summed E-state index contributed by atoms with van der Waals surface area (Å²) >= 11 is 0. The van der Waals surface area contributed by atoms with Crippen molar-refractivity contribution in [3.05, 3.63) is 23.5 Å². The van der Waals surface area contributed by atoms with Crippen LogP contribution in [0, 0.1) is 16.7 Å². The normalized spacial score (nSPS) is 31.4. The monoisotopic (exact) mass is 492 g/mol. The van der Waals surface area contributed by atoms with Crippen LogP contribution in [-0.2, 0) is 18.7 Å². The predicted molar refractivity (Wildman–Crippen MR) is 144 cm³/mol. The van der Waals surface area contributed by atoms with Gasteiger partial charge in [0.25, 0.3) is 0 Å². The van der Waals surface area contributed by atoms with Crippen LogP contribution in [-0.4, -0.2) is 40.0 Å². The summed E-state index contributed by atoms with van der Waals surface area (Å²) in [6.45, 7) is 24.4. The summed E-state index contributed by atoms with van der Waals surface area (Å²) in [6.07, 6.45) is 10.0. The van der Waals surface area contributed by atoms with Gasteiger partial charge in [0.05, 0.1) is 19.0 Å². The third-order valence-corrected chi connectivity index (χ3v) is 13.5. The van der Waals surface area contributed by atoms with E-state index < -0.39 is 8.32 Å². The summed E-state index contributed by atoms with van der Waals surface area (Å²) < 4.78 is 18.2. The van der Waals surface area contributed by atoms with E-state index in [2.05, 4.69) is 67.6 Å². The zero-order chi connectivity index (χ0) is 25.8. The maximum Gasteiger partial charge on any atom is 0.192 e. The summed E-state index contributed by atoms with van der Waals surface area (Å²) in [5.74, 6) is 0.613. The van der Waals surface area contributed by atoms with Crippen LogP contribution in [0.25, 0.3) is 0 Å². The number of ether oxygens (including phenoxy) is 2. The molecule has 0 amide bonds. The highest BCUT2D eigenvalue weighted by Crippen LogP contribution is 2.60. The number of hydrogen-bond donors (Lipinski definition) is 0. The van der Waals surface area contributed by atoms with Gasteiger partial charge < -0.3 is 13.9 Å². The molecular weight excluding hydrogens is 440 g/mol. The molecule has 0 aromatic rings. The van der Waals surface area contributed by atoms with Crippen molar-refractivity contribution in [3.63, 3.8) is 0 Å². The van der Waals surface area contributed by atoms with Crippen molar-refractivity contribution in [2.24, 2.45) is 16.7 Å². The first-order chi connectivity index (χ1) is 15.7. The molecule has 4 atom stereocenters. The maximum absolute atomic E-state index is 13.8. The van der Waals surface area contributed by atoms with Crippen molar-refractivity contribution in [1.29, 1.82) is 0 Å². The van der Waals surface area contributed by atoms with E-state index in [0.717, 1.165) is 44.1 Å². The molecule has 0 aromatic carbocycles. The summed E-state index contributed by atoms with van der Waals surface area (Å²) in [6, 6.07) is 0. The number of fused-ring (bicyclic) bond motifs is 1. The second-order valence-corrected chi connectivity index (χ2v) is 17.5. The third-order valence-electron chi connectivity index (χ3n) is 8.99. The minimum atomic E-state index is -1.93. The van der Waals surface area contributed by atoms with Gasteiger partial charge in [-0.25, -0.2) is 0 Å². The molecule has 5 heteroatoms. The van der Waals surface area contributed by atoms with Gasteiger partial charge in [-0.2, -0.15) is 0 Å². The van der Waals surface area contributed by atoms with Crippen LogP contribution >= 0.6 is 0 Å². The van der Waals surface area contributed by atoms with E-state index in [1.165, 1.54) is 5.57 Å². The van der Waals surface area contributed by atoms with Gasteiger partial charge >= 0.3 is 0 Å². The van der Waals surface area contributed by atoms with Gasteiger partial charge in [-0.1, -0.05) is 46.3 Å². The van der Waals surface area contributed by atoms with Crippen LogP contribution in [0.15, 0.2) is 23.5 Å². The van der Waals surface area contributed by atoms with Crippen LogP contribution in [0.3, 0.4) is 0 Å². The number of Topliss-reactive ketones (excluding diaryl/α,β-unsaturated/α-hetero) is 1. The topological polar surface area (TPSA) is 44.8 Å². The SMILES string of the molecule is CCOCCO/C=C1/CC[C@H]2[C@](C)(CCC=C(C)C)[C@@H](O[Si](C)(C)C(C)(C)C)CC[C@]2(C)C1=O. The standard InChI is InChI=1S/C29H52O4Si/c1-11-31-19-20-32-21-23-14-15-24-28(7,17-12-13-22(2)3)25(16-18-29(24,8)26(23)30)33-34(9,10)27(4,5)6/h13,21,24-25H,11-12,14-20H2,1-10H3/b23-21-/t24-,25-,28-,29-/m0/s1. The summed E-state index contributed by atoms with van der Waals surface area (Å²) in [4.78, 5) is 13.8. The Balaban J connectivity index is 2.32.